The van der Waals surface area contributed by atoms with E-state index in [2.05, 4.69) is 4.72 Å². The van der Waals surface area contributed by atoms with Gasteiger partial charge in [0.25, 0.3) is 0 Å². The summed E-state index contributed by atoms with van der Waals surface area (Å²) in [5.74, 6) is -0.148. The Bertz CT molecular complexity index is 732. The van der Waals surface area contributed by atoms with E-state index in [1.54, 1.807) is 24.3 Å². The molecule has 1 saturated heterocycles. The molecule has 0 bridgehead atoms. The van der Waals surface area contributed by atoms with Gasteiger partial charge in [0.05, 0.1) is 28.4 Å². The average Bonchev–Trinajstić information content (AvgIpc) is 2.45. The van der Waals surface area contributed by atoms with Crippen LogP contribution in [0.25, 0.3) is 0 Å². The normalized spacial score (nSPS) is 19.0. The molecule has 0 atom stereocenters. The topological polar surface area (TPSA) is 104 Å². The Hall–Kier alpha value is -1.43. The molecule has 1 aromatic carbocycles. The Balaban J connectivity index is 1.96. The van der Waals surface area contributed by atoms with Crippen LogP contribution in [0.5, 0.6) is 0 Å². The van der Waals surface area contributed by atoms with Gasteiger partial charge in [-0.15, -0.1) is 0 Å². The predicted octanol–water partition coefficient (Wildman–Crippen LogP) is 0.555. The summed E-state index contributed by atoms with van der Waals surface area (Å²) in [6.07, 6.45) is 0.288. The van der Waals surface area contributed by atoms with Crippen molar-refractivity contribution in [1.82, 2.24) is 4.72 Å². The third-order valence-electron chi connectivity index (χ3n) is 3.50. The Morgan fingerprint density at radius 1 is 1.19 bits per heavy atom. The number of nitriles is 1. The third kappa shape index (κ3) is 4.27. The molecule has 6 nitrogen and oxygen atoms in total. The summed E-state index contributed by atoms with van der Waals surface area (Å²) in [5, 5.41) is 8.04. The van der Waals surface area contributed by atoms with E-state index < -0.39 is 25.1 Å². The van der Waals surface area contributed by atoms with E-state index >= 15 is 0 Å². The quantitative estimate of drug-likeness (QED) is 0.869. The molecule has 0 aromatic heterocycles. The lowest BCUT2D eigenvalue weighted by atomic mass is 10.1. The van der Waals surface area contributed by atoms with Gasteiger partial charge in [0, 0.05) is 6.54 Å². The number of nitrogens with one attached hydrogen (secondary N) is 1. The summed E-state index contributed by atoms with van der Waals surface area (Å²) < 4.78 is 49.4. The molecule has 0 aliphatic carbocycles. The molecule has 114 valence electrons. The van der Waals surface area contributed by atoms with Crippen molar-refractivity contribution < 1.29 is 16.8 Å². The predicted molar refractivity (Wildman–Crippen MR) is 78.6 cm³/mol. The van der Waals surface area contributed by atoms with Crippen LogP contribution in [0.3, 0.4) is 0 Å². The number of benzene rings is 1. The molecule has 1 heterocycles. The van der Waals surface area contributed by atoms with Gasteiger partial charge in [-0.1, -0.05) is 12.1 Å². The highest BCUT2D eigenvalue weighted by atomic mass is 32.2. The first kappa shape index (κ1) is 15.9. The largest absolute Gasteiger partial charge is 0.229 e. The maximum atomic E-state index is 12.1. The lowest BCUT2D eigenvalue weighted by Crippen LogP contribution is -2.39. The Labute approximate surface area is 124 Å². The van der Waals surface area contributed by atoms with Gasteiger partial charge in [-0.05, 0) is 30.5 Å². The molecule has 1 N–H and O–H groups in total. The second-order valence-electron chi connectivity index (χ2n) is 5.03. The third-order valence-corrected chi connectivity index (χ3v) is 7.11. The van der Waals surface area contributed by atoms with Crippen LogP contribution in [-0.4, -0.2) is 33.6 Å². The molecule has 0 spiro atoms. The summed E-state index contributed by atoms with van der Waals surface area (Å²) in [5.41, 5.74) is 1.26. The monoisotopic (exact) mass is 328 g/mol. The first-order valence-electron chi connectivity index (χ1n) is 6.50. The molecule has 1 aliphatic rings. The van der Waals surface area contributed by atoms with Crippen LogP contribution in [0, 0.1) is 11.3 Å². The molecule has 8 heteroatoms. The van der Waals surface area contributed by atoms with Crippen LogP contribution in [-0.2, 0) is 26.4 Å². The van der Waals surface area contributed by atoms with E-state index in [0.717, 1.165) is 5.56 Å². The molecule has 1 aliphatic heterocycles. The van der Waals surface area contributed by atoms with Crippen molar-refractivity contribution in [2.45, 2.75) is 24.6 Å². The van der Waals surface area contributed by atoms with Crippen molar-refractivity contribution in [1.29, 1.82) is 5.26 Å². The first-order valence-corrected chi connectivity index (χ1v) is 9.87. The summed E-state index contributed by atoms with van der Waals surface area (Å²) >= 11 is 0. The minimum absolute atomic E-state index is 0.0740. The van der Waals surface area contributed by atoms with Gasteiger partial charge in [-0.2, -0.15) is 5.26 Å². The number of nitrogens with zero attached hydrogens (tertiary/aromatic N) is 1. The molecule has 0 unspecified atom stereocenters. The summed E-state index contributed by atoms with van der Waals surface area (Å²) in [4.78, 5) is 0. The molecular formula is C13H16N2O4S2. The second-order valence-corrected chi connectivity index (χ2v) is 9.38. The standard InChI is InChI=1S/C13H16N2O4S2/c14-9-11-1-3-12(4-2-11)10-15-21(18,19)13-5-7-20(16,17)8-6-13/h1-4,13,15H,5-8,10H2. The van der Waals surface area contributed by atoms with E-state index in [1.165, 1.54) is 0 Å². The van der Waals surface area contributed by atoms with Crippen molar-refractivity contribution in [3.63, 3.8) is 0 Å². The zero-order chi connectivity index (χ0) is 15.5. The van der Waals surface area contributed by atoms with Crippen LogP contribution in [0.15, 0.2) is 24.3 Å². The minimum atomic E-state index is -3.53. The van der Waals surface area contributed by atoms with Gasteiger partial charge in [0.1, 0.15) is 9.84 Å². The maximum absolute atomic E-state index is 12.1. The van der Waals surface area contributed by atoms with Gasteiger partial charge in [0.2, 0.25) is 10.0 Å². The zero-order valence-corrected chi connectivity index (χ0v) is 13.0. The van der Waals surface area contributed by atoms with E-state index in [9.17, 15) is 16.8 Å². The van der Waals surface area contributed by atoms with Gasteiger partial charge < -0.3 is 0 Å². The highest BCUT2D eigenvalue weighted by Gasteiger charge is 2.32. The second kappa shape index (κ2) is 6.13. The van der Waals surface area contributed by atoms with Gasteiger partial charge in [0.15, 0.2) is 0 Å². The highest BCUT2D eigenvalue weighted by molar-refractivity contribution is 7.92. The van der Waals surface area contributed by atoms with Crippen LogP contribution >= 0.6 is 0 Å². The smallest absolute Gasteiger partial charge is 0.214 e. The number of hydrogen-bond donors (Lipinski definition) is 1. The molecule has 0 saturated carbocycles. The lowest BCUT2D eigenvalue weighted by molar-refractivity contribution is 0.542. The molecule has 1 fully saturated rings. The SMILES string of the molecule is N#Cc1ccc(CNS(=O)(=O)C2CCS(=O)(=O)CC2)cc1. The lowest BCUT2D eigenvalue weighted by Gasteiger charge is -2.22. The number of sulfone groups is 1. The Morgan fingerprint density at radius 2 is 1.76 bits per heavy atom. The van der Waals surface area contributed by atoms with E-state index in [-0.39, 0.29) is 30.9 Å². The van der Waals surface area contributed by atoms with Crippen molar-refractivity contribution in [3.05, 3.63) is 35.4 Å². The van der Waals surface area contributed by atoms with Crippen molar-refractivity contribution in [3.8, 4) is 6.07 Å². The fraction of sp³-hybridized carbons (Fsp3) is 0.462. The fourth-order valence-corrected chi connectivity index (χ4v) is 5.43. The summed E-state index contributed by atoms with van der Waals surface area (Å²) in [7, 11) is -6.60. The summed E-state index contributed by atoms with van der Waals surface area (Å²) in [6.45, 7) is 0.136. The molecule has 21 heavy (non-hydrogen) atoms. The Morgan fingerprint density at radius 3 is 2.29 bits per heavy atom. The van der Waals surface area contributed by atoms with Crippen LogP contribution in [0.4, 0.5) is 0 Å². The fourth-order valence-electron chi connectivity index (χ4n) is 2.18. The van der Waals surface area contributed by atoms with Gasteiger partial charge in [-0.25, -0.2) is 21.6 Å². The number of rotatable bonds is 4. The van der Waals surface area contributed by atoms with E-state index in [1.807, 2.05) is 6.07 Å². The average molecular weight is 328 g/mol. The van der Waals surface area contributed by atoms with Gasteiger partial charge in [-0.3, -0.25) is 0 Å². The molecule has 0 amide bonds. The molecule has 2 rings (SSSR count). The number of hydrogen-bond acceptors (Lipinski definition) is 5. The van der Waals surface area contributed by atoms with Crippen LogP contribution in [0.2, 0.25) is 0 Å². The summed E-state index contributed by atoms with van der Waals surface area (Å²) in [6, 6.07) is 8.61. The molecular weight excluding hydrogens is 312 g/mol. The Kier molecular flexibility index (Phi) is 4.66. The van der Waals surface area contributed by atoms with Crippen molar-refractivity contribution in [2.24, 2.45) is 0 Å². The molecule has 1 aromatic rings. The van der Waals surface area contributed by atoms with Crippen molar-refractivity contribution in [2.75, 3.05) is 11.5 Å². The van der Waals surface area contributed by atoms with Crippen LogP contribution < -0.4 is 4.72 Å². The highest BCUT2D eigenvalue weighted by Crippen LogP contribution is 2.19. The van der Waals surface area contributed by atoms with E-state index in [0.29, 0.717) is 5.56 Å². The van der Waals surface area contributed by atoms with Crippen LogP contribution in [0.1, 0.15) is 24.0 Å². The van der Waals surface area contributed by atoms with Gasteiger partial charge >= 0.3 is 0 Å². The zero-order valence-electron chi connectivity index (χ0n) is 11.3. The first-order chi connectivity index (χ1) is 9.82. The minimum Gasteiger partial charge on any atom is -0.229 e. The molecule has 0 radical (unpaired) electrons. The van der Waals surface area contributed by atoms with E-state index in [4.69, 9.17) is 5.26 Å². The number of sulfonamides is 1. The maximum Gasteiger partial charge on any atom is 0.214 e. The van der Waals surface area contributed by atoms with Crippen molar-refractivity contribution >= 4 is 19.9 Å².